The van der Waals surface area contributed by atoms with Crippen molar-refractivity contribution < 1.29 is 27.1 Å². The number of hydrogen-bond acceptors (Lipinski definition) is 9. The fraction of sp³-hybridized carbons (Fsp3) is 0.407. The lowest BCUT2D eigenvalue weighted by molar-refractivity contribution is 0.0330. The van der Waals surface area contributed by atoms with Crippen LogP contribution in [0.4, 0.5) is 10.1 Å². The molecule has 1 atom stereocenters. The first kappa shape index (κ1) is 29.3. The van der Waals surface area contributed by atoms with E-state index < -0.39 is 27.8 Å². The fourth-order valence-electron chi connectivity index (χ4n) is 4.26. The van der Waals surface area contributed by atoms with Gasteiger partial charge in [-0.2, -0.15) is 0 Å². The maximum atomic E-state index is 15.2. The van der Waals surface area contributed by atoms with Crippen LogP contribution in [-0.4, -0.2) is 79.4 Å². The van der Waals surface area contributed by atoms with Gasteiger partial charge in [0.1, 0.15) is 5.82 Å². The number of pyridine rings is 1. The Bertz CT molecular complexity index is 1420. The monoisotopic (exact) mass is 572 g/mol. The maximum absolute atomic E-state index is 15.2. The van der Waals surface area contributed by atoms with E-state index in [1.165, 1.54) is 30.7 Å². The predicted octanol–water partition coefficient (Wildman–Crippen LogP) is 3.03. The highest BCUT2D eigenvalue weighted by molar-refractivity contribution is 7.92. The molecule has 0 saturated carbocycles. The zero-order valence-corrected chi connectivity index (χ0v) is 23.3. The van der Waals surface area contributed by atoms with Crippen molar-refractivity contribution in [2.24, 2.45) is 0 Å². The summed E-state index contributed by atoms with van der Waals surface area (Å²) in [5.74, 6) is -1.05. The Morgan fingerprint density at radius 2 is 1.98 bits per heavy atom. The van der Waals surface area contributed by atoms with E-state index in [1.54, 1.807) is 25.1 Å². The van der Waals surface area contributed by atoms with Crippen molar-refractivity contribution in [1.82, 2.24) is 25.2 Å². The van der Waals surface area contributed by atoms with Crippen LogP contribution in [0, 0.1) is 5.82 Å². The summed E-state index contributed by atoms with van der Waals surface area (Å²) in [6.07, 6.45) is 4.91. The number of anilines is 1. The van der Waals surface area contributed by atoms with Crippen molar-refractivity contribution in [3.05, 3.63) is 66.0 Å². The quantitative estimate of drug-likeness (QED) is 0.336. The molecule has 40 heavy (non-hydrogen) atoms. The molecule has 1 aromatic carbocycles. The van der Waals surface area contributed by atoms with Gasteiger partial charge in [-0.3, -0.25) is 24.4 Å². The van der Waals surface area contributed by atoms with Gasteiger partial charge in [0.2, 0.25) is 15.9 Å². The van der Waals surface area contributed by atoms with Crippen molar-refractivity contribution in [2.75, 3.05) is 49.9 Å². The topological polar surface area (TPSA) is 136 Å². The third kappa shape index (κ3) is 7.93. The van der Waals surface area contributed by atoms with Gasteiger partial charge in [0.25, 0.3) is 5.91 Å². The molecular formula is C27H33FN6O5S. The van der Waals surface area contributed by atoms with Crippen molar-refractivity contribution >= 4 is 21.6 Å². The molecule has 2 N–H and O–H groups in total. The summed E-state index contributed by atoms with van der Waals surface area (Å²) in [6, 6.07) is 6.70. The SMILES string of the molecule is CCCS(=O)(=O)Nc1ccnc(C(CN2CCOCC2)NC(=O)c2ccc(-c3cncc(OCC)n3)cc2F)c1. The molecule has 0 bridgehead atoms. The minimum atomic E-state index is -3.52. The third-order valence-corrected chi connectivity index (χ3v) is 7.64. The first-order valence-electron chi connectivity index (χ1n) is 13.1. The van der Waals surface area contributed by atoms with Gasteiger partial charge in [0.05, 0.1) is 66.6 Å². The van der Waals surface area contributed by atoms with Crippen LogP contribution in [0.1, 0.15) is 42.4 Å². The number of benzene rings is 1. The number of morpholine rings is 1. The van der Waals surface area contributed by atoms with Crippen LogP contribution < -0.4 is 14.8 Å². The summed E-state index contributed by atoms with van der Waals surface area (Å²) in [6.45, 7) is 6.81. The van der Waals surface area contributed by atoms with Crippen LogP contribution in [0.3, 0.4) is 0 Å². The average molecular weight is 573 g/mol. The molecule has 214 valence electrons. The Hall–Kier alpha value is -3.68. The molecule has 2 aromatic heterocycles. The number of rotatable bonds is 12. The minimum Gasteiger partial charge on any atom is -0.477 e. The summed E-state index contributed by atoms with van der Waals surface area (Å²) in [4.78, 5) is 28.2. The van der Waals surface area contributed by atoms with Crippen LogP contribution in [0.2, 0.25) is 0 Å². The first-order chi connectivity index (χ1) is 19.3. The van der Waals surface area contributed by atoms with Crippen molar-refractivity contribution in [3.63, 3.8) is 0 Å². The highest BCUT2D eigenvalue weighted by Crippen LogP contribution is 2.23. The van der Waals surface area contributed by atoms with Gasteiger partial charge < -0.3 is 14.8 Å². The van der Waals surface area contributed by atoms with Crippen LogP contribution in [0.15, 0.2) is 48.9 Å². The van der Waals surface area contributed by atoms with Crippen LogP contribution in [-0.2, 0) is 14.8 Å². The summed E-state index contributed by atoms with van der Waals surface area (Å²) in [5.41, 5.74) is 1.49. The predicted molar refractivity (Wildman–Crippen MR) is 148 cm³/mol. The fourth-order valence-corrected chi connectivity index (χ4v) is 5.38. The van der Waals surface area contributed by atoms with E-state index in [2.05, 4.69) is 29.9 Å². The molecule has 0 spiro atoms. The number of carbonyl (C=O) groups excluding carboxylic acids is 1. The second-order valence-corrected chi connectivity index (χ2v) is 11.0. The summed E-state index contributed by atoms with van der Waals surface area (Å²) < 4.78 is 53.2. The molecule has 0 radical (unpaired) electrons. The second kappa shape index (κ2) is 13.6. The van der Waals surface area contributed by atoms with Crippen molar-refractivity contribution in [1.29, 1.82) is 0 Å². The molecule has 1 aliphatic rings. The molecule has 1 saturated heterocycles. The Morgan fingerprint density at radius 3 is 2.70 bits per heavy atom. The van der Waals surface area contributed by atoms with Crippen molar-refractivity contribution in [2.45, 2.75) is 26.3 Å². The van der Waals surface area contributed by atoms with Crippen LogP contribution >= 0.6 is 0 Å². The van der Waals surface area contributed by atoms with Crippen LogP contribution in [0.25, 0.3) is 11.3 Å². The molecule has 0 aliphatic carbocycles. The van der Waals surface area contributed by atoms with E-state index in [4.69, 9.17) is 9.47 Å². The molecule has 1 unspecified atom stereocenters. The molecule has 3 heterocycles. The standard InChI is InChI=1S/C27H33FN6O5S/c1-3-13-40(36,37)33-20-7-8-30-23(15-20)25(18-34-9-11-38-12-10-34)32-27(35)21-6-5-19(14-22(21)28)24-16-29-17-26(31-24)39-4-2/h5-8,14-17,25H,3-4,9-13,18H2,1-2H3,(H,30,33)(H,32,35). The molecule has 1 amide bonds. The number of carbonyl (C=O) groups is 1. The molecular weight excluding hydrogens is 539 g/mol. The van der Waals surface area contributed by atoms with Gasteiger partial charge in [-0.15, -0.1) is 0 Å². The van der Waals surface area contributed by atoms with Gasteiger partial charge in [0, 0.05) is 31.4 Å². The Morgan fingerprint density at radius 1 is 1.18 bits per heavy atom. The number of ether oxygens (including phenoxy) is 2. The highest BCUT2D eigenvalue weighted by Gasteiger charge is 2.24. The van der Waals surface area contributed by atoms with E-state index in [-0.39, 0.29) is 11.3 Å². The summed E-state index contributed by atoms with van der Waals surface area (Å²) in [7, 11) is -3.52. The summed E-state index contributed by atoms with van der Waals surface area (Å²) in [5, 5.41) is 2.89. The lowest BCUT2D eigenvalue weighted by atomic mass is 10.1. The largest absolute Gasteiger partial charge is 0.477 e. The summed E-state index contributed by atoms with van der Waals surface area (Å²) >= 11 is 0. The van der Waals surface area contributed by atoms with E-state index in [9.17, 15) is 13.2 Å². The average Bonchev–Trinajstić information content (AvgIpc) is 2.93. The van der Waals surface area contributed by atoms with Gasteiger partial charge >= 0.3 is 0 Å². The molecule has 11 nitrogen and oxygen atoms in total. The minimum absolute atomic E-state index is 0.0185. The Labute approximate surface area is 233 Å². The highest BCUT2D eigenvalue weighted by atomic mass is 32.2. The number of sulfonamides is 1. The van der Waals surface area contributed by atoms with Crippen LogP contribution in [0.5, 0.6) is 5.88 Å². The van der Waals surface area contributed by atoms with Gasteiger partial charge in [-0.05, 0) is 37.6 Å². The zero-order chi connectivity index (χ0) is 28.5. The number of nitrogens with zero attached hydrogens (tertiary/aromatic N) is 4. The van der Waals surface area contributed by atoms with E-state index >= 15 is 4.39 Å². The molecule has 4 rings (SSSR count). The lowest BCUT2D eigenvalue weighted by Crippen LogP contribution is -2.43. The molecule has 1 fully saturated rings. The number of hydrogen-bond donors (Lipinski definition) is 2. The Balaban J connectivity index is 1.57. The second-order valence-electron chi connectivity index (χ2n) is 9.20. The first-order valence-corrected chi connectivity index (χ1v) is 14.8. The molecule has 3 aromatic rings. The lowest BCUT2D eigenvalue weighted by Gasteiger charge is -2.30. The van der Waals surface area contributed by atoms with Gasteiger partial charge in [-0.1, -0.05) is 13.0 Å². The maximum Gasteiger partial charge on any atom is 0.254 e. The molecule has 13 heteroatoms. The normalized spacial score (nSPS) is 14.9. The zero-order valence-electron chi connectivity index (χ0n) is 22.5. The number of nitrogens with one attached hydrogen (secondary N) is 2. The molecule has 1 aliphatic heterocycles. The van der Waals surface area contributed by atoms with E-state index in [1.807, 2.05) is 6.92 Å². The van der Waals surface area contributed by atoms with E-state index in [0.29, 0.717) is 74.4 Å². The van der Waals surface area contributed by atoms with Gasteiger partial charge in [0.15, 0.2) is 0 Å². The smallest absolute Gasteiger partial charge is 0.254 e. The third-order valence-electron chi connectivity index (χ3n) is 6.15. The van der Waals surface area contributed by atoms with Gasteiger partial charge in [-0.25, -0.2) is 17.8 Å². The number of aromatic nitrogens is 3. The number of halogens is 1. The van der Waals surface area contributed by atoms with Crippen molar-refractivity contribution in [3.8, 4) is 17.1 Å². The Kier molecular flexibility index (Phi) is 9.96. The van der Waals surface area contributed by atoms with E-state index in [0.717, 1.165) is 0 Å². The number of amides is 1.